The lowest BCUT2D eigenvalue weighted by Gasteiger charge is -1.92. The van der Waals surface area contributed by atoms with Gasteiger partial charge in [-0.25, -0.2) is 0 Å². The minimum atomic E-state index is 1.11. The number of thiophene rings is 1. The minimum Gasteiger partial charge on any atom is -0.144 e. The Bertz CT molecular complexity index is 226. The molecule has 0 amide bonds. The van der Waals surface area contributed by atoms with Crippen molar-refractivity contribution in [2.75, 3.05) is 5.75 Å². The summed E-state index contributed by atoms with van der Waals surface area (Å²) in [6.07, 6.45) is 2.15. The van der Waals surface area contributed by atoms with Crippen LogP contribution in [0.15, 0.2) is 21.3 Å². The summed E-state index contributed by atoms with van der Waals surface area (Å²) in [6, 6.07) is 4.18. The third kappa shape index (κ3) is 3.45. The van der Waals surface area contributed by atoms with Crippen molar-refractivity contribution in [3.63, 3.8) is 0 Å². The fourth-order valence-electron chi connectivity index (χ4n) is 0.665. The van der Waals surface area contributed by atoms with Crippen molar-refractivity contribution in [2.24, 2.45) is 0 Å². The van der Waals surface area contributed by atoms with Crippen LogP contribution in [0.3, 0.4) is 0 Å². The highest BCUT2D eigenvalue weighted by atomic mass is 79.9. The highest BCUT2D eigenvalue weighted by molar-refractivity contribution is 9.14. The molecule has 0 aliphatic carbocycles. The van der Waals surface area contributed by atoms with Crippen molar-refractivity contribution >= 4 is 45.1 Å². The minimum absolute atomic E-state index is 1.11. The third-order valence-corrected chi connectivity index (χ3v) is 3.50. The normalized spacial score (nSPS) is 12.0. The van der Waals surface area contributed by atoms with Crippen molar-refractivity contribution in [3.8, 4) is 0 Å². The van der Waals surface area contributed by atoms with E-state index in [-0.39, 0.29) is 0 Å². The van der Waals surface area contributed by atoms with Gasteiger partial charge >= 0.3 is 0 Å². The Hall–Kier alpha value is 0.270. The predicted octanol–water partition coefficient (Wildman–Crippen LogP) is 4.19. The monoisotopic (exact) mass is 248 g/mol. The van der Waals surface area contributed by atoms with E-state index in [1.54, 1.807) is 11.3 Å². The summed E-state index contributed by atoms with van der Waals surface area (Å²) in [7, 11) is 0. The molecule has 0 aromatic carbocycles. The molecular weight excluding hydrogens is 240 g/mol. The quantitative estimate of drug-likeness (QED) is 0.773. The van der Waals surface area contributed by atoms with E-state index >= 15 is 0 Å². The standard InChI is InChI=1S/C8H9BrS2/c1-2-10-8(9)6-7-4-3-5-11-7/h3-6H,2H2,1H3/b8-6-. The van der Waals surface area contributed by atoms with Crippen LogP contribution in [0.5, 0.6) is 0 Å². The van der Waals surface area contributed by atoms with E-state index in [2.05, 4.69) is 46.4 Å². The van der Waals surface area contributed by atoms with Gasteiger partial charge in [0.25, 0.3) is 0 Å². The van der Waals surface area contributed by atoms with Gasteiger partial charge in [-0.05, 0) is 39.2 Å². The molecule has 0 spiro atoms. The van der Waals surface area contributed by atoms with Gasteiger partial charge < -0.3 is 0 Å². The molecule has 0 bridgehead atoms. The summed E-state index contributed by atoms with van der Waals surface area (Å²) in [4.78, 5) is 1.30. The Morgan fingerprint density at radius 2 is 2.64 bits per heavy atom. The molecule has 0 radical (unpaired) electrons. The van der Waals surface area contributed by atoms with Gasteiger partial charge in [0.15, 0.2) is 0 Å². The smallest absolute Gasteiger partial charge is 0.0516 e. The number of hydrogen-bond donors (Lipinski definition) is 0. The highest BCUT2D eigenvalue weighted by Crippen LogP contribution is 2.26. The summed E-state index contributed by atoms with van der Waals surface area (Å²) in [6.45, 7) is 2.15. The maximum atomic E-state index is 3.49. The zero-order valence-electron chi connectivity index (χ0n) is 6.21. The molecule has 3 heteroatoms. The fourth-order valence-corrected chi connectivity index (χ4v) is 2.97. The SMILES string of the molecule is CCS/C(Br)=C\c1cccs1. The van der Waals surface area contributed by atoms with Crippen LogP contribution in [0.2, 0.25) is 0 Å². The Morgan fingerprint density at radius 1 is 1.82 bits per heavy atom. The summed E-state index contributed by atoms with van der Waals surface area (Å²) in [5, 5.41) is 2.09. The third-order valence-electron chi connectivity index (χ3n) is 1.08. The molecule has 1 rings (SSSR count). The average Bonchev–Trinajstić information content (AvgIpc) is 2.40. The summed E-state index contributed by atoms with van der Waals surface area (Å²) < 4.78 is 1.21. The zero-order chi connectivity index (χ0) is 8.10. The molecule has 0 fully saturated rings. The van der Waals surface area contributed by atoms with Gasteiger partial charge in [0, 0.05) is 4.88 Å². The molecule has 0 saturated heterocycles. The predicted molar refractivity (Wildman–Crippen MR) is 59.4 cm³/mol. The molecule has 0 saturated carbocycles. The lowest BCUT2D eigenvalue weighted by Crippen LogP contribution is -1.64. The second kappa shape index (κ2) is 5.01. The molecule has 0 nitrogen and oxygen atoms in total. The Kier molecular flexibility index (Phi) is 4.26. The van der Waals surface area contributed by atoms with Crippen molar-refractivity contribution in [1.29, 1.82) is 0 Å². The number of rotatable bonds is 3. The molecular formula is C8H9BrS2. The van der Waals surface area contributed by atoms with Gasteiger partial charge in [-0.2, -0.15) is 0 Å². The number of thioether (sulfide) groups is 1. The van der Waals surface area contributed by atoms with Crippen molar-refractivity contribution in [2.45, 2.75) is 6.92 Å². The van der Waals surface area contributed by atoms with Crippen LogP contribution < -0.4 is 0 Å². The Labute approximate surface area is 83.8 Å². The van der Waals surface area contributed by atoms with E-state index in [1.165, 1.54) is 8.69 Å². The number of halogens is 1. The Balaban J connectivity index is 2.58. The van der Waals surface area contributed by atoms with Gasteiger partial charge in [-0.3, -0.25) is 0 Å². The molecule has 1 aromatic rings. The molecule has 1 aromatic heterocycles. The van der Waals surface area contributed by atoms with Gasteiger partial charge in [-0.15, -0.1) is 23.1 Å². The maximum Gasteiger partial charge on any atom is 0.0516 e. The Morgan fingerprint density at radius 3 is 3.18 bits per heavy atom. The molecule has 0 aliphatic rings. The maximum absolute atomic E-state index is 3.49. The topological polar surface area (TPSA) is 0 Å². The van der Waals surface area contributed by atoms with Crippen LogP contribution in [0, 0.1) is 0 Å². The van der Waals surface area contributed by atoms with E-state index in [0.717, 1.165) is 5.75 Å². The van der Waals surface area contributed by atoms with E-state index in [1.807, 2.05) is 11.8 Å². The first-order valence-electron chi connectivity index (χ1n) is 3.36. The average molecular weight is 249 g/mol. The highest BCUT2D eigenvalue weighted by Gasteiger charge is 1.91. The van der Waals surface area contributed by atoms with E-state index < -0.39 is 0 Å². The zero-order valence-corrected chi connectivity index (χ0v) is 9.43. The second-order valence-electron chi connectivity index (χ2n) is 1.90. The van der Waals surface area contributed by atoms with E-state index in [9.17, 15) is 0 Å². The molecule has 11 heavy (non-hydrogen) atoms. The molecule has 1 heterocycles. The summed E-state index contributed by atoms with van der Waals surface area (Å²) in [5.41, 5.74) is 0. The first-order chi connectivity index (χ1) is 5.33. The van der Waals surface area contributed by atoms with E-state index in [4.69, 9.17) is 0 Å². The first kappa shape index (κ1) is 9.36. The van der Waals surface area contributed by atoms with E-state index in [0.29, 0.717) is 0 Å². The molecule has 0 N–H and O–H groups in total. The molecule has 0 atom stereocenters. The second-order valence-corrected chi connectivity index (χ2v) is 5.56. The van der Waals surface area contributed by atoms with Gasteiger partial charge in [0.2, 0.25) is 0 Å². The first-order valence-corrected chi connectivity index (χ1v) is 6.02. The van der Waals surface area contributed by atoms with Crippen molar-refractivity contribution in [1.82, 2.24) is 0 Å². The van der Waals surface area contributed by atoms with Crippen LogP contribution in [0.4, 0.5) is 0 Å². The molecule has 60 valence electrons. The van der Waals surface area contributed by atoms with Crippen LogP contribution in [-0.4, -0.2) is 5.75 Å². The number of hydrogen-bond acceptors (Lipinski definition) is 2. The molecule has 0 unspecified atom stereocenters. The van der Waals surface area contributed by atoms with Crippen molar-refractivity contribution < 1.29 is 0 Å². The largest absolute Gasteiger partial charge is 0.144 e. The molecule has 0 aliphatic heterocycles. The van der Waals surface area contributed by atoms with Crippen LogP contribution >= 0.6 is 39.0 Å². The summed E-state index contributed by atoms with van der Waals surface area (Å²) in [5.74, 6) is 1.11. The lowest BCUT2D eigenvalue weighted by atomic mass is 10.5. The van der Waals surface area contributed by atoms with Gasteiger partial charge in [0.1, 0.15) is 0 Å². The summed E-state index contributed by atoms with van der Waals surface area (Å²) >= 11 is 7.06. The lowest BCUT2D eigenvalue weighted by molar-refractivity contribution is 1.54. The van der Waals surface area contributed by atoms with Crippen LogP contribution in [-0.2, 0) is 0 Å². The fraction of sp³-hybridized carbons (Fsp3) is 0.250. The van der Waals surface area contributed by atoms with Crippen LogP contribution in [0.25, 0.3) is 6.08 Å². The van der Waals surface area contributed by atoms with Gasteiger partial charge in [-0.1, -0.05) is 13.0 Å². The van der Waals surface area contributed by atoms with Crippen LogP contribution in [0.1, 0.15) is 11.8 Å². The van der Waals surface area contributed by atoms with Crippen molar-refractivity contribution in [3.05, 3.63) is 26.2 Å². The van der Waals surface area contributed by atoms with Gasteiger partial charge in [0.05, 0.1) is 3.81 Å².